The first-order chi connectivity index (χ1) is 5.83. The minimum Gasteiger partial charge on any atom is -0.312 e. The van der Waals surface area contributed by atoms with Crippen molar-refractivity contribution in [3.63, 3.8) is 0 Å². The monoisotopic (exact) mass is 186 g/mol. The Balaban J connectivity index is 3.36. The molecule has 80 valence electrons. The van der Waals surface area contributed by atoms with Gasteiger partial charge in [-0.15, -0.1) is 0 Å². The highest BCUT2D eigenvalue weighted by molar-refractivity contribution is 4.70. The summed E-state index contributed by atoms with van der Waals surface area (Å²) in [6.45, 7) is 10.0. The summed E-state index contributed by atoms with van der Waals surface area (Å²) < 4.78 is 0. The average Bonchev–Trinajstić information content (AvgIpc) is 1.95. The maximum absolute atomic E-state index is 3.50. The van der Waals surface area contributed by atoms with Crippen LogP contribution in [-0.4, -0.2) is 37.1 Å². The fourth-order valence-electron chi connectivity index (χ4n) is 1.12. The molecule has 1 atom stereocenters. The van der Waals surface area contributed by atoms with Gasteiger partial charge in [-0.3, -0.25) is 0 Å². The topological polar surface area (TPSA) is 15.3 Å². The summed E-state index contributed by atoms with van der Waals surface area (Å²) in [7, 11) is 4.28. The lowest BCUT2D eigenvalue weighted by atomic mass is 10.1. The molecule has 0 saturated heterocycles. The second-order valence-corrected chi connectivity index (χ2v) is 5.13. The molecule has 0 aliphatic heterocycles. The Hall–Kier alpha value is -0.0800. The van der Waals surface area contributed by atoms with Crippen LogP contribution in [0.4, 0.5) is 0 Å². The first-order valence-electron chi connectivity index (χ1n) is 5.24. The molecule has 0 fully saturated rings. The summed E-state index contributed by atoms with van der Waals surface area (Å²) in [6, 6.07) is 0.696. The Morgan fingerprint density at radius 1 is 1.23 bits per heavy atom. The van der Waals surface area contributed by atoms with Gasteiger partial charge in [0.1, 0.15) is 0 Å². The predicted molar refractivity (Wildman–Crippen MR) is 60.1 cm³/mol. The highest BCUT2D eigenvalue weighted by Crippen LogP contribution is 2.03. The van der Waals surface area contributed by atoms with Crippen molar-refractivity contribution in [3.05, 3.63) is 0 Å². The molecule has 0 aromatic heterocycles. The molecule has 2 heteroatoms. The maximum Gasteiger partial charge on any atom is 0.00965 e. The molecule has 0 aromatic rings. The molecule has 0 spiro atoms. The van der Waals surface area contributed by atoms with Crippen LogP contribution in [-0.2, 0) is 0 Å². The van der Waals surface area contributed by atoms with E-state index in [4.69, 9.17) is 0 Å². The number of hydrogen-bond acceptors (Lipinski definition) is 2. The van der Waals surface area contributed by atoms with Crippen LogP contribution >= 0.6 is 0 Å². The molecule has 0 aliphatic carbocycles. The normalized spacial score (nSPS) is 15.0. The summed E-state index contributed by atoms with van der Waals surface area (Å²) in [5.74, 6) is 0. The molecule has 0 aromatic carbocycles. The standard InChI is InChI=1S/C11H26N2/c1-10(13(5)6)8-7-9-12-11(2,3)4/h10,12H,7-9H2,1-6H3. The summed E-state index contributed by atoms with van der Waals surface area (Å²) in [5.41, 5.74) is 0.265. The zero-order valence-corrected chi connectivity index (χ0v) is 10.1. The van der Waals surface area contributed by atoms with Crippen molar-refractivity contribution in [2.75, 3.05) is 20.6 Å². The van der Waals surface area contributed by atoms with E-state index in [1.807, 2.05) is 0 Å². The first-order valence-corrected chi connectivity index (χ1v) is 5.24. The number of hydrogen-bond donors (Lipinski definition) is 1. The predicted octanol–water partition coefficient (Wildman–Crippen LogP) is 2.10. The van der Waals surface area contributed by atoms with E-state index >= 15 is 0 Å². The average molecular weight is 186 g/mol. The zero-order valence-electron chi connectivity index (χ0n) is 10.1. The van der Waals surface area contributed by atoms with Gasteiger partial charge in [-0.2, -0.15) is 0 Å². The van der Waals surface area contributed by atoms with Gasteiger partial charge in [-0.05, 0) is 61.2 Å². The first kappa shape index (κ1) is 12.9. The van der Waals surface area contributed by atoms with Crippen LogP contribution in [0.5, 0.6) is 0 Å². The molecule has 0 rings (SSSR count). The van der Waals surface area contributed by atoms with Crippen molar-refractivity contribution >= 4 is 0 Å². The summed E-state index contributed by atoms with van der Waals surface area (Å²) in [6.07, 6.45) is 2.53. The Morgan fingerprint density at radius 3 is 2.15 bits per heavy atom. The summed E-state index contributed by atoms with van der Waals surface area (Å²) in [4.78, 5) is 2.27. The third-order valence-electron chi connectivity index (χ3n) is 2.34. The van der Waals surface area contributed by atoms with Gasteiger partial charge in [0.2, 0.25) is 0 Å². The van der Waals surface area contributed by atoms with E-state index in [0.717, 1.165) is 6.54 Å². The molecule has 2 nitrogen and oxygen atoms in total. The van der Waals surface area contributed by atoms with Crippen LogP contribution in [0.1, 0.15) is 40.5 Å². The highest BCUT2D eigenvalue weighted by atomic mass is 15.1. The smallest absolute Gasteiger partial charge is 0.00965 e. The van der Waals surface area contributed by atoms with Crippen molar-refractivity contribution in [1.29, 1.82) is 0 Å². The van der Waals surface area contributed by atoms with Crippen LogP contribution in [0.25, 0.3) is 0 Å². The zero-order chi connectivity index (χ0) is 10.5. The fraction of sp³-hybridized carbons (Fsp3) is 1.00. The molecule has 0 bridgehead atoms. The Bertz CT molecular complexity index is 125. The van der Waals surface area contributed by atoms with Crippen molar-refractivity contribution in [2.45, 2.75) is 52.1 Å². The third kappa shape index (κ3) is 8.26. The molecule has 1 N–H and O–H groups in total. The van der Waals surface area contributed by atoms with Gasteiger partial charge < -0.3 is 10.2 Å². The Labute approximate surface area is 83.7 Å². The minimum absolute atomic E-state index is 0.265. The second kappa shape index (κ2) is 5.61. The molecule has 0 heterocycles. The van der Waals surface area contributed by atoms with E-state index < -0.39 is 0 Å². The van der Waals surface area contributed by atoms with E-state index in [2.05, 4.69) is 52.0 Å². The van der Waals surface area contributed by atoms with E-state index in [1.165, 1.54) is 12.8 Å². The van der Waals surface area contributed by atoms with Gasteiger partial charge in [0.05, 0.1) is 0 Å². The van der Waals surface area contributed by atoms with Crippen LogP contribution in [0.3, 0.4) is 0 Å². The second-order valence-electron chi connectivity index (χ2n) is 5.13. The van der Waals surface area contributed by atoms with Gasteiger partial charge in [-0.1, -0.05) is 0 Å². The molecule has 0 amide bonds. The maximum atomic E-state index is 3.50. The Morgan fingerprint density at radius 2 is 1.77 bits per heavy atom. The van der Waals surface area contributed by atoms with E-state index in [-0.39, 0.29) is 5.54 Å². The van der Waals surface area contributed by atoms with Gasteiger partial charge in [0.15, 0.2) is 0 Å². The van der Waals surface area contributed by atoms with E-state index in [0.29, 0.717) is 6.04 Å². The van der Waals surface area contributed by atoms with Crippen molar-refractivity contribution in [2.24, 2.45) is 0 Å². The van der Waals surface area contributed by atoms with Crippen molar-refractivity contribution < 1.29 is 0 Å². The quantitative estimate of drug-likeness (QED) is 0.662. The number of nitrogens with one attached hydrogen (secondary N) is 1. The van der Waals surface area contributed by atoms with Crippen molar-refractivity contribution in [1.82, 2.24) is 10.2 Å². The lowest BCUT2D eigenvalue weighted by Gasteiger charge is -2.23. The van der Waals surface area contributed by atoms with Gasteiger partial charge in [0.25, 0.3) is 0 Å². The van der Waals surface area contributed by atoms with Gasteiger partial charge in [0, 0.05) is 11.6 Å². The molecule has 0 saturated carbocycles. The van der Waals surface area contributed by atoms with E-state index in [1.54, 1.807) is 0 Å². The lowest BCUT2D eigenvalue weighted by molar-refractivity contribution is 0.288. The van der Waals surface area contributed by atoms with Crippen LogP contribution in [0, 0.1) is 0 Å². The number of rotatable bonds is 5. The van der Waals surface area contributed by atoms with Crippen LogP contribution < -0.4 is 5.32 Å². The molecular weight excluding hydrogens is 160 g/mol. The summed E-state index contributed by atoms with van der Waals surface area (Å²) in [5, 5.41) is 3.50. The summed E-state index contributed by atoms with van der Waals surface area (Å²) >= 11 is 0. The van der Waals surface area contributed by atoms with E-state index in [9.17, 15) is 0 Å². The van der Waals surface area contributed by atoms with Gasteiger partial charge in [-0.25, -0.2) is 0 Å². The highest BCUT2D eigenvalue weighted by Gasteiger charge is 2.08. The largest absolute Gasteiger partial charge is 0.312 e. The third-order valence-corrected chi connectivity index (χ3v) is 2.34. The van der Waals surface area contributed by atoms with Crippen LogP contribution in [0.2, 0.25) is 0 Å². The molecule has 13 heavy (non-hydrogen) atoms. The van der Waals surface area contributed by atoms with Crippen molar-refractivity contribution in [3.8, 4) is 0 Å². The van der Waals surface area contributed by atoms with Gasteiger partial charge >= 0.3 is 0 Å². The molecule has 0 aliphatic rings. The number of nitrogens with zero attached hydrogens (tertiary/aromatic N) is 1. The molecule has 0 radical (unpaired) electrons. The fourth-order valence-corrected chi connectivity index (χ4v) is 1.12. The Kier molecular flexibility index (Phi) is 5.57. The van der Waals surface area contributed by atoms with Crippen LogP contribution in [0.15, 0.2) is 0 Å². The lowest BCUT2D eigenvalue weighted by Crippen LogP contribution is -2.37. The SMILES string of the molecule is CC(CCCNC(C)(C)C)N(C)C. The molecule has 1 unspecified atom stereocenters. The molecular formula is C11H26N2. The minimum atomic E-state index is 0.265.